The van der Waals surface area contributed by atoms with Crippen molar-refractivity contribution in [3.63, 3.8) is 0 Å². The molecule has 1 amide bonds. The first-order valence-corrected chi connectivity index (χ1v) is 12.1. The highest BCUT2D eigenvalue weighted by Crippen LogP contribution is 2.25. The van der Waals surface area contributed by atoms with Gasteiger partial charge in [0.25, 0.3) is 5.91 Å². The number of rotatable bonds is 12. The van der Waals surface area contributed by atoms with Gasteiger partial charge in [0.1, 0.15) is 12.2 Å². The smallest absolute Gasteiger partial charge is 0.254 e. The van der Waals surface area contributed by atoms with Crippen LogP contribution in [-0.4, -0.2) is 42.2 Å². The zero-order valence-corrected chi connectivity index (χ0v) is 20.0. The van der Waals surface area contributed by atoms with Gasteiger partial charge in [-0.15, -0.1) is 6.58 Å². The van der Waals surface area contributed by atoms with Crippen LogP contribution in [0.4, 0.5) is 0 Å². The number of ether oxygens (including phenoxy) is 3. The van der Waals surface area contributed by atoms with Gasteiger partial charge >= 0.3 is 0 Å². The molecule has 35 heavy (non-hydrogen) atoms. The van der Waals surface area contributed by atoms with E-state index in [9.17, 15) is 4.79 Å². The summed E-state index contributed by atoms with van der Waals surface area (Å²) in [6.07, 6.45) is 0.902. The summed E-state index contributed by atoms with van der Waals surface area (Å²) in [5.74, 6) is -0.0691. The summed E-state index contributed by atoms with van der Waals surface area (Å²) in [7, 11) is 0. The quantitative estimate of drug-likeness (QED) is 0.342. The molecule has 1 aliphatic heterocycles. The average Bonchev–Trinajstić information content (AvgIpc) is 2.91. The van der Waals surface area contributed by atoms with Crippen LogP contribution in [-0.2, 0) is 38.8 Å². The normalized spacial score (nSPS) is 20.1. The number of piperidine rings is 1. The van der Waals surface area contributed by atoms with Gasteiger partial charge < -0.3 is 19.1 Å². The molecule has 1 aliphatic rings. The summed E-state index contributed by atoms with van der Waals surface area (Å²) in [4.78, 5) is 15.3. The van der Waals surface area contributed by atoms with Crippen molar-refractivity contribution >= 4 is 5.91 Å². The van der Waals surface area contributed by atoms with Gasteiger partial charge in [-0.2, -0.15) is 0 Å². The van der Waals surface area contributed by atoms with Crippen LogP contribution in [0.5, 0.6) is 0 Å². The largest absolute Gasteiger partial charge is 0.369 e. The molecule has 3 aromatic rings. The van der Waals surface area contributed by atoms with Crippen LogP contribution in [0.1, 0.15) is 23.1 Å². The van der Waals surface area contributed by atoms with Crippen molar-refractivity contribution in [2.75, 3.05) is 13.1 Å². The van der Waals surface area contributed by atoms with E-state index in [0.29, 0.717) is 39.3 Å². The average molecular weight is 472 g/mol. The van der Waals surface area contributed by atoms with Gasteiger partial charge in [-0.1, -0.05) is 97.1 Å². The Bertz CT molecular complexity index is 1040. The van der Waals surface area contributed by atoms with Crippen LogP contribution in [0.15, 0.2) is 104 Å². The molecule has 0 spiro atoms. The third-order valence-electron chi connectivity index (χ3n) is 6.09. The Kier molecular flexibility index (Phi) is 9.24. The zero-order valence-electron chi connectivity index (χ0n) is 20.0. The molecule has 4 rings (SSSR count). The molecule has 5 nitrogen and oxygen atoms in total. The van der Waals surface area contributed by atoms with Crippen molar-refractivity contribution < 1.29 is 19.0 Å². The van der Waals surface area contributed by atoms with Crippen molar-refractivity contribution in [2.45, 2.75) is 44.6 Å². The second-order valence-corrected chi connectivity index (χ2v) is 8.68. The summed E-state index contributed by atoms with van der Waals surface area (Å²) >= 11 is 0. The van der Waals surface area contributed by atoms with E-state index in [-0.39, 0.29) is 12.0 Å². The van der Waals surface area contributed by atoms with Gasteiger partial charge in [0.05, 0.1) is 19.8 Å². The van der Waals surface area contributed by atoms with Crippen molar-refractivity contribution in [1.82, 2.24) is 4.90 Å². The molecular weight excluding hydrogens is 438 g/mol. The lowest BCUT2D eigenvalue weighted by molar-refractivity contribution is -0.196. The van der Waals surface area contributed by atoms with Crippen molar-refractivity contribution in [3.05, 3.63) is 120 Å². The van der Waals surface area contributed by atoms with Crippen molar-refractivity contribution in [1.29, 1.82) is 0 Å². The molecule has 3 atom stereocenters. The molecule has 0 radical (unpaired) electrons. The molecule has 182 valence electrons. The van der Waals surface area contributed by atoms with E-state index in [2.05, 4.69) is 6.58 Å². The lowest BCUT2D eigenvalue weighted by atomic mass is 9.99. The first-order valence-electron chi connectivity index (χ1n) is 12.1. The number of likely N-dealkylation sites (tertiary alicyclic amines) is 1. The van der Waals surface area contributed by atoms with Crippen LogP contribution >= 0.6 is 0 Å². The van der Waals surface area contributed by atoms with Crippen molar-refractivity contribution in [3.8, 4) is 0 Å². The van der Waals surface area contributed by atoms with E-state index in [1.807, 2.05) is 102 Å². The Morgan fingerprint density at radius 3 is 1.74 bits per heavy atom. The minimum Gasteiger partial charge on any atom is -0.369 e. The standard InChI is InChI=1S/C30H33NO4/c1-2-3-19-31-20-27(33-21-24-13-7-4-8-14-24)28(34-22-25-15-9-5-10-16-25)29(30(31)32)35-23-26-17-11-6-12-18-26/h2,4-18,27-29H,1,3,19-23H2/t27-,28-,29+/m1/s1. The van der Waals surface area contributed by atoms with E-state index in [4.69, 9.17) is 14.2 Å². The molecule has 0 saturated carbocycles. The Morgan fingerprint density at radius 1 is 0.743 bits per heavy atom. The molecule has 0 aliphatic carbocycles. The maximum Gasteiger partial charge on any atom is 0.254 e. The molecule has 0 unspecified atom stereocenters. The molecule has 0 N–H and O–H groups in total. The van der Waals surface area contributed by atoms with E-state index in [0.717, 1.165) is 16.7 Å². The molecule has 1 saturated heterocycles. The minimum atomic E-state index is -0.766. The Hall–Kier alpha value is -3.25. The van der Waals surface area contributed by atoms with Gasteiger partial charge in [-0.3, -0.25) is 4.79 Å². The molecule has 1 heterocycles. The second-order valence-electron chi connectivity index (χ2n) is 8.68. The molecular formula is C30H33NO4. The molecule has 5 heteroatoms. The first kappa shape index (κ1) is 24.9. The lowest BCUT2D eigenvalue weighted by Crippen LogP contribution is -2.61. The molecule has 0 bridgehead atoms. The van der Waals surface area contributed by atoms with Gasteiger partial charge in [0.2, 0.25) is 0 Å². The maximum atomic E-state index is 13.5. The predicted molar refractivity (Wildman–Crippen MR) is 136 cm³/mol. The number of hydrogen-bond acceptors (Lipinski definition) is 4. The number of hydrogen-bond donors (Lipinski definition) is 0. The summed E-state index contributed by atoms with van der Waals surface area (Å²) in [5.41, 5.74) is 3.12. The Balaban J connectivity index is 1.55. The van der Waals surface area contributed by atoms with E-state index < -0.39 is 12.2 Å². The van der Waals surface area contributed by atoms with Gasteiger partial charge in [0, 0.05) is 13.1 Å². The maximum absolute atomic E-state index is 13.5. The van der Waals surface area contributed by atoms with E-state index in [1.165, 1.54) is 0 Å². The van der Waals surface area contributed by atoms with Gasteiger partial charge in [-0.25, -0.2) is 0 Å². The van der Waals surface area contributed by atoms with E-state index >= 15 is 0 Å². The number of amides is 1. The Morgan fingerprint density at radius 2 is 1.23 bits per heavy atom. The van der Waals surface area contributed by atoms with Crippen LogP contribution < -0.4 is 0 Å². The SMILES string of the molecule is C=CCCN1C[C@@H](OCc2ccccc2)[C@@H](OCc2ccccc2)[C@H](OCc2ccccc2)C1=O. The topological polar surface area (TPSA) is 48.0 Å². The third-order valence-corrected chi connectivity index (χ3v) is 6.09. The molecule has 0 aromatic heterocycles. The highest BCUT2D eigenvalue weighted by atomic mass is 16.6. The third kappa shape index (κ3) is 7.12. The van der Waals surface area contributed by atoms with Gasteiger partial charge in [0.15, 0.2) is 6.10 Å². The highest BCUT2D eigenvalue weighted by Gasteiger charge is 2.45. The fourth-order valence-corrected chi connectivity index (χ4v) is 4.19. The molecule has 3 aromatic carbocycles. The van der Waals surface area contributed by atoms with Crippen molar-refractivity contribution in [2.24, 2.45) is 0 Å². The van der Waals surface area contributed by atoms with Gasteiger partial charge in [-0.05, 0) is 23.1 Å². The summed E-state index contributed by atoms with van der Waals surface area (Å²) in [6.45, 7) is 5.97. The second kappa shape index (κ2) is 13.0. The number of carbonyl (C=O) groups is 1. The fraction of sp³-hybridized carbons (Fsp3) is 0.300. The lowest BCUT2D eigenvalue weighted by Gasteiger charge is -2.42. The fourth-order valence-electron chi connectivity index (χ4n) is 4.19. The van der Waals surface area contributed by atoms with E-state index in [1.54, 1.807) is 0 Å². The first-order chi connectivity index (χ1) is 17.2. The number of benzene rings is 3. The highest BCUT2D eigenvalue weighted by molar-refractivity contribution is 5.82. The number of carbonyl (C=O) groups excluding carboxylic acids is 1. The van der Waals surface area contributed by atoms with Crippen LogP contribution in [0.3, 0.4) is 0 Å². The number of nitrogens with zero attached hydrogens (tertiary/aromatic N) is 1. The zero-order chi connectivity index (χ0) is 24.3. The summed E-state index contributed by atoms with van der Waals surface area (Å²) in [6, 6.07) is 29.9. The van der Waals surface area contributed by atoms with Crippen LogP contribution in [0.25, 0.3) is 0 Å². The molecule has 1 fully saturated rings. The summed E-state index contributed by atoms with van der Waals surface area (Å²) < 4.78 is 19.0. The van der Waals surface area contributed by atoms with Crippen LogP contribution in [0, 0.1) is 0 Å². The monoisotopic (exact) mass is 471 g/mol. The predicted octanol–water partition coefficient (Wildman–Crippen LogP) is 5.16. The minimum absolute atomic E-state index is 0.0691. The van der Waals surface area contributed by atoms with Crippen LogP contribution in [0.2, 0.25) is 0 Å². The Labute approximate surface area is 207 Å². The summed E-state index contributed by atoms with van der Waals surface area (Å²) in [5, 5.41) is 0.